The van der Waals surface area contributed by atoms with Crippen molar-refractivity contribution >= 4 is 23.5 Å². The molecule has 4 rings (SSSR count). The molecule has 0 saturated carbocycles. The molecule has 2 aliphatic rings. The molecule has 0 aliphatic carbocycles. The van der Waals surface area contributed by atoms with Crippen LogP contribution >= 0.6 is 11.8 Å². The van der Waals surface area contributed by atoms with E-state index in [0.717, 1.165) is 54.6 Å². The molecule has 6 nitrogen and oxygen atoms in total. The van der Waals surface area contributed by atoms with Crippen molar-refractivity contribution in [1.82, 2.24) is 20.2 Å². The zero-order valence-corrected chi connectivity index (χ0v) is 19.2. The second-order valence-electron chi connectivity index (χ2n) is 8.58. The third-order valence-corrected chi connectivity index (χ3v) is 7.11. The highest BCUT2D eigenvalue weighted by atomic mass is 32.2. The Bertz CT molecular complexity index is 853. The monoisotopic (exact) mass is 439 g/mol. The zero-order chi connectivity index (χ0) is 21.5. The first-order valence-corrected chi connectivity index (χ1v) is 12.3. The Kier molecular flexibility index (Phi) is 7.81. The quantitative estimate of drug-likeness (QED) is 0.632. The second-order valence-corrected chi connectivity index (χ2v) is 9.64. The van der Waals surface area contributed by atoms with E-state index in [1.54, 1.807) is 24.2 Å². The number of aryl methyl sites for hydroxylation is 1. The summed E-state index contributed by atoms with van der Waals surface area (Å²) in [6.45, 7) is 8.01. The Balaban J connectivity index is 1.32. The molecule has 2 fully saturated rings. The van der Waals surface area contributed by atoms with Gasteiger partial charge in [-0.15, -0.1) is 0 Å². The van der Waals surface area contributed by atoms with Crippen LogP contribution in [0.3, 0.4) is 0 Å². The minimum atomic E-state index is 0.0137. The fourth-order valence-corrected chi connectivity index (χ4v) is 5.26. The topological polar surface area (TPSA) is 61.4 Å². The van der Waals surface area contributed by atoms with Crippen LogP contribution in [0.25, 0.3) is 0 Å². The third kappa shape index (κ3) is 6.20. The lowest BCUT2D eigenvalue weighted by atomic mass is 9.97. The van der Waals surface area contributed by atoms with E-state index in [1.165, 1.54) is 31.5 Å². The number of nitrogens with one attached hydrogen (secondary N) is 1. The Morgan fingerprint density at radius 1 is 1.10 bits per heavy atom. The average molecular weight is 440 g/mol. The largest absolute Gasteiger partial charge is 0.356 e. The molecular formula is C24H33N5OS. The molecule has 1 N–H and O–H groups in total. The van der Waals surface area contributed by atoms with E-state index in [9.17, 15) is 4.79 Å². The van der Waals surface area contributed by atoms with Crippen LogP contribution in [0, 0.1) is 12.8 Å². The van der Waals surface area contributed by atoms with Crippen molar-refractivity contribution in [3.05, 3.63) is 42.2 Å². The van der Waals surface area contributed by atoms with Crippen LogP contribution in [0.15, 0.2) is 46.6 Å². The molecule has 2 saturated heterocycles. The Morgan fingerprint density at radius 2 is 1.87 bits per heavy atom. The highest BCUT2D eigenvalue weighted by Gasteiger charge is 2.28. The first-order chi connectivity index (χ1) is 15.2. The van der Waals surface area contributed by atoms with Gasteiger partial charge >= 0.3 is 0 Å². The molecular weight excluding hydrogens is 406 g/mol. The maximum Gasteiger partial charge on any atom is 0.224 e. The van der Waals surface area contributed by atoms with Crippen LogP contribution in [0.5, 0.6) is 0 Å². The van der Waals surface area contributed by atoms with Crippen LogP contribution < -0.4 is 10.2 Å². The fraction of sp³-hybridized carbons (Fsp3) is 0.542. The lowest BCUT2D eigenvalue weighted by Gasteiger charge is -2.33. The highest BCUT2D eigenvalue weighted by Crippen LogP contribution is 2.34. The summed E-state index contributed by atoms with van der Waals surface area (Å²) >= 11 is 1.63. The van der Waals surface area contributed by atoms with Crippen LogP contribution in [0.4, 0.5) is 5.82 Å². The van der Waals surface area contributed by atoms with Crippen molar-refractivity contribution in [1.29, 1.82) is 0 Å². The van der Waals surface area contributed by atoms with Gasteiger partial charge in [-0.25, -0.2) is 9.97 Å². The molecule has 1 amide bonds. The van der Waals surface area contributed by atoms with Crippen LogP contribution in [-0.4, -0.2) is 60.0 Å². The maximum atomic E-state index is 12.8. The van der Waals surface area contributed by atoms with Gasteiger partial charge in [0.2, 0.25) is 5.91 Å². The first kappa shape index (κ1) is 22.1. The zero-order valence-electron chi connectivity index (χ0n) is 18.4. The normalized spacial score (nSPS) is 19.5. The van der Waals surface area contributed by atoms with Crippen LogP contribution in [-0.2, 0) is 4.79 Å². The van der Waals surface area contributed by atoms with Gasteiger partial charge in [-0.1, -0.05) is 29.5 Å². The fourth-order valence-electron chi connectivity index (χ4n) is 4.37. The summed E-state index contributed by atoms with van der Waals surface area (Å²) in [5.41, 5.74) is 1.24. The van der Waals surface area contributed by atoms with E-state index in [2.05, 4.69) is 56.3 Å². The summed E-state index contributed by atoms with van der Waals surface area (Å²) in [7, 11) is 0. The number of benzene rings is 1. The van der Waals surface area contributed by atoms with Gasteiger partial charge in [0.15, 0.2) is 5.82 Å². The van der Waals surface area contributed by atoms with Gasteiger partial charge in [0, 0.05) is 36.9 Å². The average Bonchev–Trinajstić information content (AvgIpc) is 3.32. The number of carbonyl (C=O) groups excluding carboxylic acids is 1. The molecule has 0 bridgehead atoms. The number of hydrogen-bond donors (Lipinski definition) is 1. The van der Waals surface area contributed by atoms with Gasteiger partial charge in [-0.05, 0) is 70.8 Å². The predicted molar refractivity (Wildman–Crippen MR) is 126 cm³/mol. The molecule has 0 radical (unpaired) electrons. The van der Waals surface area contributed by atoms with Crippen molar-refractivity contribution in [2.24, 2.45) is 5.92 Å². The van der Waals surface area contributed by atoms with E-state index in [1.807, 2.05) is 0 Å². The Morgan fingerprint density at radius 3 is 2.68 bits per heavy atom. The van der Waals surface area contributed by atoms with Crippen LogP contribution in [0.1, 0.15) is 37.7 Å². The molecule has 166 valence electrons. The highest BCUT2D eigenvalue weighted by molar-refractivity contribution is 7.99. The number of hydrogen-bond acceptors (Lipinski definition) is 6. The lowest BCUT2D eigenvalue weighted by Crippen LogP contribution is -2.44. The molecule has 1 aromatic carbocycles. The molecule has 0 spiro atoms. The lowest BCUT2D eigenvalue weighted by molar-refractivity contribution is -0.125. The Hall–Kier alpha value is -2.12. The number of nitrogens with zero attached hydrogens (tertiary/aromatic N) is 4. The number of carbonyl (C=O) groups is 1. The molecule has 0 unspecified atom stereocenters. The standard InChI is InChI=1S/C24H33N5OS/c1-19-7-9-21(10-8-19)31-24-22(25-12-13-27-24)29-17-4-6-20(18-29)23(30)26-11-5-16-28-14-2-3-15-28/h7-10,12-13,20H,2-6,11,14-18H2,1H3,(H,26,30)/t20-/m1/s1. The summed E-state index contributed by atoms with van der Waals surface area (Å²) < 4.78 is 0. The van der Waals surface area contributed by atoms with Crippen molar-refractivity contribution in [3.63, 3.8) is 0 Å². The molecule has 2 aromatic rings. The number of aromatic nitrogens is 2. The van der Waals surface area contributed by atoms with Gasteiger partial charge in [0.05, 0.1) is 5.92 Å². The third-order valence-electron chi connectivity index (χ3n) is 6.12. The van der Waals surface area contributed by atoms with E-state index < -0.39 is 0 Å². The van der Waals surface area contributed by atoms with E-state index in [-0.39, 0.29) is 11.8 Å². The smallest absolute Gasteiger partial charge is 0.224 e. The summed E-state index contributed by atoms with van der Waals surface area (Å²) in [5, 5.41) is 4.08. The summed E-state index contributed by atoms with van der Waals surface area (Å²) in [6.07, 6.45) is 9.09. The number of anilines is 1. The van der Waals surface area contributed by atoms with E-state index in [0.29, 0.717) is 6.54 Å². The predicted octanol–water partition coefficient (Wildman–Crippen LogP) is 3.75. The summed E-state index contributed by atoms with van der Waals surface area (Å²) in [5.74, 6) is 1.09. The van der Waals surface area contributed by atoms with Gasteiger partial charge in [-0.3, -0.25) is 4.79 Å². The molecule has 7 heteroatoms. The van der Waals surface area contributed by atoms with Crippen molar-refractivity contribution < 1.29 is 4.79 Å². The number of likely N-dealkylation sites (tertiary alicyclic amines) is 1. The van der Waals surface area contributed by atoms with E-state index in [4.69, 9.17) is 0 Å². The minimum absolute atomic E-state index is 0.0137. The van der Waals surface area contributed by atoms with Crippen molar-refractivity contribution in [2.45, 2.75) is 48.9 Å². The SMILES string of the molecule is Cc1ccc(Sc2nccnc2N2CCC[C@@H](C(=O)NCCCN3CCCC3)C2)cc1. The van der Waals surface area contributed by atoms with E-state index >= 15 is 0 Å². The van der Waals surface area contributed by atoms with Gasteiger partial charge < -0.3 is 15.1 Å². The number of piperidine rings is 1. The minimum Gasteiger partial charge on any atom is -0.356 e. The molecule has 1 atom stereocenters. The number of rotatable bonds is 8. The molecule has 31 heavy (non-hydrogen) atoms. The second kappa shape index (κ2) is 11.0. The Labute approximate surface area is 189 Å². The van der Waals surface area contributed by atoms with Crippen LogP contribution in [0.2, 0.25) is 0 Å². The molecule has 1 aromatic heterocycles. The van der Waals surface area contributed by atoms with Crippen molar-refractivity contribution in [3.8, 4) is 0 Å². The maximum absolute atomic E-state index is 12.8. The van der Waals surface area contributed by atoms with Gasteiger partial charge in [0.25, 0.3) is 0 Å². The summed E-state index contributed by atoms with van der Waals surface area (Å²) in [4.78, 5) is 27.9. The summed E-state index contributed by atoms with van der Waals surface area (Å²) in [6, 6.07) is 8.47. The number of amides is 1. The van der Waals surface area contributed by atoms with Gasteiger partial charge in [0.1, 0.15) is 5.03 Å². The molecule has 3 heterocycles. The molecule has 2 aliphatic heterocycles. The van der Waals surface area contributed by atoms with Crippen molar-refractivity contribution in [2.75, 3.05) is 44.2 Å². The van der Waals surface area contributed by atoms with Gasteiger partial charge in [-0.2, -0.15) is 0 Å². The first-order valence-electron chi connectivity index (χ1n) is 11.5.